The topological polar surface area (TPSA) is 233 Å². The summed E-state index contributed by atoms with van der Waals surface area (Å²) in [6.07, 6.45) is -12.3. The van der Waals surface area contributed by atoms with Crippen molar-refractivity contribution < 1.29 is 49.6 Å². The highest BCUT2D eigenvalue weighted by Gasteiger charge is 2.50. The van der Waals surface area contributed by atoms with Gasteiger partial charge in [-0.15, -0.1) is 0 Å². The molecule has 2 aliphatic heterocycles. The highest BCUT2D eigenvalue weighted by molar-refractivity contribution is 4.94. The molecule has 0 bridgehead atoms. The number of ether oxygens (including phenoxy) is 4. The minimum Gasteiger partial charge on any atom is -0.394 e. The SMILES string of the molecule is [N-]=[N+]=NCC1O[C@@H](OCCCCCN)[C@@H](O)C(O)[C@@H]1O[C@@H]1OC(CO)[C@H](O)C(O)[C@@H]1O. The first-order valence-electron chi connectivity index (χ1n) is 10.2. The zero-order chi connectivity index (χ0) is 23.0. The first-order valence-corrected chi connectivity index (χ1v) is 10.2. The Morgan fingerprint density at radius 3 is 2.19 bits per heavy atom. The Kier molecular flexibility index (Phi) is 10.8. The number of rotatable bonds is 11. The maximum Gasteiger partial charge on any atom is 0.187 e. The van der Waals surface area contributed by atoms with E-state index in [1.807, 2.05) is 0 Å². The summed E-state index contributed by atoms with van der Waals surface area (Å²) in [5, 5.41) is 63.7. The standard InChI is InChI=1S/C17H32N4O10/c18-4-2-1-3-5-28-16-14(27)12(25)15(8(29-16)6-20-21-19)31-17-13(26)11(24)10(23)9(7-22)30-17/h8-17,22-27H,1-7,18H2/t8?,9?,10-,11?,12?,13-,14-,15+,16+,17-/m0/s1. The number of hydrogen-bond acceptors (Lipinski definition) is 12. The van der Waals surface area contributed by atoms with Crippen LogP contribution in [0, 0.1) is 0 Å². The number of hydrogen-bond donors (Lipinski definition) is 7. The Bertz CT molecular complexity index is 581. The summed E-state index contributed by atoms with van der Waals surface area (Å²) in [6, 6.07) is 0. The van der Waals surface area contributed by atoms with Gasteiger partial charge in [0, 0.05) is 11.5 Å². The molecule has 0 aromatic carbocycles. The molecule has 0 aromatic rings. The average molecular weight is 452 g/mol. The maximum absolute atomic E-state index is 10.6. The van der Waals surface area contributed by atoms with E-state index in [1.165, 1.54) is 0 Å². The van der Waals surface area contributed by atoms with Gasteiger partial charge in [0.1, 0.15) is 42.7 Å². The predicted octanol–water partition coefficient (Wildman–Crippen LogP) is -2.93. The Hall–Kier alpha value is -1.13. The molecule has 2 rings (SSSR count). The first kappa shape index (κ1) is 26.1. The normalized spacial score (nSPS) is 41.0. The fourth-order valence-electron chi connectivity index (χ4n) is 3.43. The van der Waals surface area contributed by atoms with Gasteiger partial charge in [0.2, 0.25) is 0 Å². The highest BCUT2D eigenvalue weighted by Crippen LogP contribution is 2.30. The van der Waals surface area contributed by atoms with Crippen LogP contribution >= 0.6 is 0 Å². The maximum atomic E-state index is 10.6. The molecule has 2 aliphatic rings. The van der Waals surface area contributed by atoms with Gasteiger partial charge in [0.15, 0.2) is 12.6 Å². The zero-order valence-electron chi connectivity index (χ0n) is 17.0. The van der Waals surface area contributed by atoms with Crippen LogP contribution in [-0.4, -0.2) is 118 Å². The monoisotopic (exact) mass is 452 g/mol. The molecule has 10 atom stereocenters. The van der Waals surface area contributed by atoms with Crippen LogP contribution in [0.4, 0.5) is 0 Å². The van der Waals surface area contributed by atoms with Crippen molar-refractivity contribution in [3.63, 3.8) is 0 Å². The molecule has 31 heavy (non-hydrogen) atoms. The van der Waals surface area contributed by atoms with Crippen LogP contribution in [0.25, 0.3) is 10.4 Å². The molecule has 14 nitrogen and oxygen atoms in total. The van der Waals surface area contributed by atoms with Crippen molar-refractivity contribution in [1.82, 2.24) is 0 Å². The van der Waals surface area contributed by atoms with Crippen molar-refractivity contribution in [3.05, 3.63) is 10.4 Å². The van der Waals surface area contributed by atoms with E-state index in [0.29, 0.717) is 13.0 Å². The molecule has 0 radical (unpaired) electrons. The quantitative estimate of drug-likeness (QED) is 0.0725. The van der Waals surface area contributed by atoms with Gasteiger partial charge in [-0.1, -0.05) is 5.11 Å². The van der Waals surface area contributed by atoms with Crippen LogP contribution in [0.2, 0.25) is 0 Å². The van der Waals surface area contributed by atoms with Gasteiger partial charge in [-0.25, -0.2) is 0 Å². The second-order valence-corrected chi connectivity index (χ2v) is 7.46. The zero-order valence-corrected chi connectivity index (χ0v) is 17.0. The van der Waals surface area contributed by atoms with Gasteiger partial charge in [0.05, 0.1) is 19.3 Å². The third kappa shape index (κ3) is 6.68. The predicted molar refractivity (Wildman–Crippen MR) is 102 cm³/mol. The van der Waals surface area contributed by atoms with E-state index in [1.54, 1.807) is 0 Å². The van der Waals surface area contributed by atoms with Crippen LogP contribution in [0.15, 0.2) is 5.11 Å². The molecule has 0 aromatic heterocycles. The Balaban J connectivity index is 2.07. The molecule has 8 N–H and O–H groups in total. The largest absolute Gasteiger partial charge is 0.394 e. The Morgan fingerprint density at radius 2 is 1.55 bits per heavy atom. The van der Waals surface area contributed by atoms with Crippen LogP contribution in [-0.2, 0) is 18.9 Å². The molecule has 2 saturated heterocycles. The smallest absolute Gasteiger partial charge is 0.187 e. The van der Waals surface area contributed by atoms with Gasteiger partial charge < -0.3 is 55.3 Å². The van der Waals surface area contributed by atoms with Crippen molar-refractivity contribution in [2.45, 2.75) is 80.7 Å². The van der Waals surface area contributed by atoms with Crippen LogP contribution in [0.5, 0.6) is 0 Å². The number of nitrogens with two attached hydrogens (primary N) is 1. The molecule has 0 amide bonds. The van der Waals surface area contributed by atoms with Crippen molar-refractivity contribution in [2.24, 2.45) is 10.8 Å². The molecular formula is C17H32N4O10. The van der Waals surface area contributed by atoms with E-state index < -0.39 is 68.0 Å². The number of unbranched alkanes of at least 4 members (excludes halogenated alkanes) is 2. The van der Waals surface area contributed by atoms with Gasteiger partial charge >= 0.3 is 0 Å². The molecule has 2 fully saturated rings. The fraction of sp³-hybridized carbons (Fsp3) is 1.00. The average Bonchev–Trinajstić information content (AvgIpc) is 2.77. The third-order valence-corrected chi connectivity index (χ3v) is 5.24. The number of aliphatic hydroxyl groups excluding tert-OH is 6. The molecule has 2 heterocycles. The lowest BCUT2D eigenvalue weighted by Gasteiger charge is -2.46. The van der Waals surface area contributed by atoms with E-state index in [-0.39, 0.29) is 13.2 Å². The van der Waals surface area contributed by atoms with Gasteiger partial charge in [-0.05, 0) is 31.3 Å². The number of azide groups is 1. The van der Waals surface area contributed by atoms with Crippen molar-refractivity contribution in [1.29, 1.82) is 0 Å². The van der Waals surface area contributed by atoms with E-state index in [0.717, 1.165) is 12.8 Å². The number of nitrogens with zero attached hydrogens (tertiary/aromatic N) is 3. The van der Waals surface area contributed by atoms with E-state index in [9.17, 15) is 30.6 Å². The van der Waals surface area contributed by atoms with Crippen LogP contribution in [0.3, 0.4) is 0 Å². The van der Waals surface area contributed by atoms with E-state index in [2.05, 4.69) is 10.0 Å². The van der Waals surface area contributed by atoms with E-state index in [4.69, 9.17) is 30.2 Å². The summed E-state index contributed by atoms with van der Waals surface area (Å²) in [4.78, 5) is 2.64. The third-order valence-electron chi connectivity index (χ3n) is 5.24. The van der Waals surface area contributed by atoms with Crippen LogP contribution < -0.4 is 5.73 Å². The molecule has 0 saturated carbocycles. The minimum atomic E-state index is -1.72. The van der Waals surface area contributed by atoms with Crippen molar-refractivity contribution in [3.8, 4) is 0 Å². The lowest BCUT2D eigenvalue weighted by Crippen LogP contribution is -2.64. The molecular weight excluding hydrogens is 420 g/mol. The van der Waals surface area contributed by atoms with Crippen molar-refractivity contribution >= 4 is 0 Å². The summed E-state index contributed by atoms with van der Waals surface area (Å²) in [7, 11) is 0. The Morgan fingerprint density at radius 1 is 0.871 bits per heavy atom. The van der Waals surface area contributed by atoms with Gasteiger partial charge in [-0.2, -0.15) is 0 Å². The lowest BCUT2D eigenvalue weighted by molar-refractivity contribution is -0.356. The Labute approximate surface area is 178 Å². The fourth-order valence-corrected chi connectivity index (χ4v) is 3.43. The van der Waals surface area contributed by atoms with E-state index >= 15 is 0 Å². The lowest BCUT2D eigenvalue weighted by atomic mass is 9.97. The first-order chi connectivity index (χ1) is 14.8. The summed E-state index contributed by atoms with van der Waals surface area (Å²) >= 11 is 0. The minimum absolute atomic E-state index is 0.237. The summed E-state index contributed by atoms with van der Waals surface area (Å²) < 4.78 is 21.9. The highest BCUT2D eigenvalue weighted by atomic mass is 16.7. The molecule has 180 valence electrons. The molecule has 0 aliphatic carbocycles. The van der Waals surface area contributed by atoms with Crippen LogP contribution in [0.1, 0.15) is 19.3 Å². The number of aliphatic hydroxyl groups is 6. The van der Waals surface area contributed by atoms with Gasteiger partial charge in [0.25, 0.3) is 0 Å². The van der Waals surface area contributed by atoms with Crippen molar-refractivity contribution in [2.75, 3.05) is 26.3 Å². The summed E-state index contributed by atoms with van der Waals surface area (Å²) in [5.74, 6) is 0. The van der Waals surface area contributed by atoms with Gasteiger partial charge in [-0.3, -0.25) is 0 Å². The second kappa shape index (κ2) is 12.8. The summed E-state index contributed by atoms with van der Waals surface area (Å²) in [6.45, 7) is -0.178. The molecule has 4 unspecified atom stereocenters. The molecule has 0 spiro atoms. The molecule has 14 heteroatoms. The summed E-state index contributed by atoms with van der Waals surface area (Å²) in [5.41, 5.74) is 14.1. The second-order valence-electron chi connectivity index (χ2n) is 7.46.